The van der Waals surface area contributed by atoms with Gasteiger partial charge in [0.2, 0.25) is 0 Å². The fourth-order valence-electron chi connectivity index (χ4n) is 1.35. The topological polar surface area (TPSA) is 76.4 Å². The summed E-state index contributed by atoms with van der Waals surface area (Å²) in [7, 11) is 2.49. The largest absolute Gasteiger partial charge is 0.468 e. The molecule has 5 nitrogen and oxygen atoms in total. The third-order valence-corrected chi connectivity index (χ3v) is 3.27. The lowest BCUT2D eigenvalue weighted by atomic mass is 10.0. The maximum atomic E-state index is 11.4. The van der Waals surface area contributed by atoms with Gasteiger partial charge in [0.05, 0.1) is 26.7 Å². The molecule has 18 heavy (non-hydrogen) atoms. The zero-order chi connectivity index (χ0) is 14.0. The molecule has 0 aliphatic carbocycles. The number of carbonyl (C=O) groups is 2. The van der Waals surface area contributed by atoms with Crippen LogP contribution in [0.1, 0.15) is 25.7 Å². The summed E-state index contributed by atoms with van der Waals surface area (Å²) in [5.74, 6) is -2.00. The number of hydrogen-bond donors (Lipinski definition) is 0. The second-order valence-electron chi connectivity index (χ2n) is 3.50. The van der Waals surface area contributed by atoms with E-state index in [2.05, 4.69) is 32.1 Å². The van der Waals surface area contributed by atoms with Crippen molar-refractivity contribution >= 4 is 34.5 Å². The van der Waals surface area contributed by atoms with Crippen molar-refractivity contribution in [3.05, 3.63) is 9.66 Å². The number of hydrogen-bond acceptors (Lipinski definition) is 5. The number of rotatable bonds is 7. The molecule has 0 aliphatic rings. The molecular formula is C12H16INO4. The van der Waals surface area contributed by atoms with Crippen LogP contribution in [0, 0.1) is 17.2 Å². The molecule has 0 rings (SSSR count). The van der Waals surface area contributed by atoms with E-state index < -0.39 is 17.9 Å². The highest BCUT2D eigenvalue weighted by atomic mass is 127. The molecule has 100 valence electrons. The van der Waals surface area contributed by atoms with Crippen molar-refractivity contribution in [2.75, 3.05) is 14.2 Å². The third-order valence-electron chi connectivity index (χ3n) is 2.29. The van der Waals surface area contributed by atoms with E-state index in [1.807, 2.05) is 12.1 Å². The Labute approximate surface area is 120 Å². The smallest absolute Gasteiger partial charge is 0.320 e. The highest BCUT2D eigenvalue weighted by Crippen LogP contribution is 2.19. The van der Waals surface area contributed by atoms with Gasteiger partial charge in [0.1, 0.15) is 0 Å². The minimum absolute atomic E-state index is 0.371. The predicted octanol–water partition coefficient (Wildman–Crippen LogP) is 2.35. The zero-order valence-corrected chi connectivity index (χ0v) is 12.6. The lowest BCUT2D eigenvalue weighted by Gasteiger charge is -2.11. The Morgan fingerprint density at radius 2 is 1.89 bits per heavy atom. The minimum atomic E-state index is -0.861. The summed E-state index contributed by atoms with van der Waals surface area (Å²) in [6, 6.07) is 2.02. The van der Waals surface area contributed by atoms with Crippen LogP contribution >= 0.6 is 22.6 Å². The molecule has 0 radical (unpaired) electrons. The first-order chi connectivity index (χ1) is 8.56. The average Bonchev–Trinajstić information content (AvgIpc) is 2.39. The molecule has 0 saturated carbocycles. The van der Waals surface area contributed by atoms with Crippen molar-refractivity contribution in [2.45, 2.75) is 25.7 Å². The third kappa shape index (κ3) is 6.59. The van der Waals surface area contributed by atoms with E-state index in [9.17, 15) is 9.59 Å². The standard InChI is InChI=1S/C12H16INO4/c1-17-11(15)10(12(16)18-2)7-3-5-9(13)6-4-8-14/h6,10H,3-5,7H2,1-2H3. The maximum absolute atomic E-state index is 11.4. The monoisotopic (exact) mass is 365 g/mol. The van der Waals surface area contributed by atoms with Gasteiger partial charge in [-0.1, -0.05) is 6.08 Å². The first kappa shape index (κ1) is 16.9. The molecule has 0 bridgehead atoms. The summed E-state index contributed by atoms with van der Waals surface area (Å²) in [6.45, 7) is 0. The van der Waals surface area contributed by atoms with E-state index >= 15 is 0 Å². The van der Waals surface area contributed by atoms with Gasteiger partial charge < -0.3 is 9.47 Å². The highest BCUT2D eigenvalue weighted by molar-refractivity contribution is 14.1. The first-order valence-corrected chi connectivity index (χ1v) is 6.51. The number of carbonyl (C=O) groups excluding carboxylic acids is 2. The van der Waals surface area contributed by atoms with Gasteiger partial charge in [-0.05, 0) is 45.4 Å². The summed E-state index contributed by atoms with van der Waals surface area (Å²) >= 11 is 2.14. The molecule has 0 aromatic carbocycles. The predicted molar refractivity (Wildman–Crippen MR) is 73.7 cm³/mol. The lowest BCUT2D eigenvalue weighted by Crippen LogP contribution is -2.26. The van der Waals surface area contributed by atoms with Crippen LogP contribution in [-0.2, 0) is 19.1 Å². The Balaban J connectivity index is 4.25. The molecule has 0 N–H and O–H groups in total. The van der Waals surface area contributed by atoms with Gasteiger partial charge >= 0.3 is 11.9 Å². The highest BCUT2D eigenvalue weighted by Gasteiger charge is 2.27. The Morgan fingerprint density at radius 1 is 1.33 bits per heavy atom. The molecule has 0 atom stereocenters. The molecular weight excluding hydrogens is 349 g/mol. The molecule has 0 aromatic heterocycles. The van der Waals surface area contributed by atoms with Gasteiger partial charge in [0.15, 0.2) is 5.92 Å². The number of ether oxygens (including phenoxy) is 2. The number of allylic oxidation sites excluding steroid dienone is 2. The summed E-state index contributed by atoms with van der Waals surface area (Å²) in [5, 5.41) is 8.42. The lowest BCUT2D eigenvalue weighted by molar-refractivity contribution is -0.159. The zero-order valence-electron chi connectivity index (χ0n) is 10.4. The molecule has 6 heteroatoms. The van der Waals surface area contributed by atoms with Gasteiger partial charge in [-0.15, -0.1) is 0 Å². The van der Waals surface area contributed by atoms with E-state index in [-0.39, 0.29) is 0 Å². The summed E-state index contributed by atoms with van der Waals surface area (Å²) < 4.78 is 10.2. The van der Waals surface area contributed by atoms with Crippen LogP contribution in [0.15, 0.2) is 9.66 Å². The van der Waals surface area contributed by atoms with Crippen molar-refractivity contribution in [1.29, 1.82) is 5.26 Å². The number of methoxy groups -OCH3 is 2. The van der Waals surface area contributed by atoms with Crippen LogP contribution in [0.5, 0.6) is 0 Å². The molecule has 0 heterocycles. The van der Waals surface area contributed by atoms with E-state index in [4.69, 9.17) is 5.26 Å². The van der Waals surface area contributed by atoms with Crippen LogP contribution in [0.4, 0.5) is 0 Å². The number of esters is 2. The second kappa shape index (κ2) is 9.88. The van der Waals surface area contributed by atoms with Crippen LogP contribution in [0.3, 0.4) is 0 Å². The number of nitrogens with zero attached hydrogens (tertiary/aromatic N) is 1. The number of halogens is 1. The van der Waals surface area contributed by atoms with Gasteiger partial charge in [-0.25, -0.2) is 0 Å². The first-order valence-electron chi connectivity index (χ1n) is 5.44. The van der Waals surface area contributed by atoms with Crippen molar-refractivity contribution < 1.29 is 19.1 Å². The van der Waals surface area contributed by atoms with E-state index in [0.717, 1.165) is 10.0 Å². The van der Waals surface area contributed by atoms with Crippen LogP contribution < -0.4 is 0 Å². The molecule has 0 amide bonds. The van der Waals surface area contributed by atoms with Gasteiger partial charge in [-0.2, -0.15) is 5.26 Å². The Bertz CT molecular complexity index is 344. The van der Waals surface area contributed by atoms with Crippen molar-refractivity contribution in [3.8, 4) is 6.07 Å². The fraction of sp³-hybridized carbons (Fsp3) is 0.583. The second-order valence-corrected chi connectivity index (χ2v) is 4.89. The minimum Gasteiger partial charge on any atom is -0.468 e. The quantitative estimate of drug-likeness (QED) is 0.393. The van der Waals surface area contributed by atoms with Crippen LogP contribution in [-0.4, -0.2) is 26.2 Å². The number of nitriles is 1. The molecule has 0 fully saturated rings. The Hall–Kier alpha value is -1.10. The Morgan fingerprint density at radius 3 is 2.33 bits per heavy atom. The Kier molecular flexibility index (Phi) is 9.28. The van der Waals surface area contributed by atoms with Gasteiger partial charge in [0, 0.05) is 0 Å². The van der Waals surface area contributed by atoms with E-state index in [1.54, 1.807) is 0 Å². The van der Waals surface area contributed by atoms with E-state index in [1.165, 1.54) is 14.2 Å². The van der Waals surface area contributed by atoms with Crippen LogP contribution in [0.25, 0.3) is 0 Å². The van der Waals surface area contributed by atoms with Gasteiger partial charge in [-0.3, -0.25) is 9.59 Å². The normalized spacial score (nSPS) is 10.9. The summed E-state index contributed by atoms with van der Waals surface area (Å²) in [6.07, 6.45) is 3.97. The summed E-state index contributed by atoms with van der Waals surface area (Å²) in [4.78, 5) is 22.8. The summed E-state index contributed by atoms with van der Waals surface area (Å²) in [5.41, 5.74) is 0. The fourth-order valence-corrected chi connectivity index (χ4v) is 1.95. The van der Waals surface area contributed by atoms with Gasteiger partial charge in [0.25, 0.3) is 0 Å². The average molecular weight is 365 g/mol. The van der Waals surface area contributed by atoms with Crippen LogP contribution in [0.2, 0.25) is 0 Å². The van der Waals surface area contributed by atoms with Crippen molar-refractivity contribution in [2.24, 2.45) is 5.92 Å². The molecule has 0 spiro atoms. The van der Waals surface area contributed by atoms with Crippen molar-refractivity contribution in [3.63, 3.8) is 0 Å². The maximum Gasteiger partial charge on any atom is 0.320 e. The molecule has 0 unspecified atom stereocenters. The molecule has 0 aromatic rings. The molecule has 0 aliphatic heterocycles. The molecule has 0 saturated heterocycles. The SMILES string of the molecule is COC(=O)C(CCCC(I)=CCC#N)C(=O)OC. The van der Waals surface area contributed by atoms with E-state index in [0.29, 0.717) is 19.3 Å². The van der Waals surface area contributed by atoms with Crippen molar-refractivity contribution in [1.82, 2.24) is 0 Å².